The molecule has 0 radical (unpaired) electrons. The van der Waals surface area contributed by atoms with Gasteiger partial charge in [-0.3, -0.25) is 4.79 Å². The van der Waals surface area contributed by atoms with E-state index >= 15 is 0 Å². The fourth-order valence-electron chi connectivity index (χ4n) is 2.08. The second-order valence-corrected chi connectivity index (χ2v) is 7.78. The Labute approximate surface area is 145 Å². The molecule has 7 heteroatoms. The number of carbonyl (C=O) groups excluding carboxylic acids is 1. The Hall–Kier alpha value is -1.44. The van der Waals surface area contributed by atoms with Gasteiger partial charge in [0.25, 0.3) is 0 Å². The Morgan fingerprint density at radius 2 is 1.92 bits per heavy atom. The number of sulfonamides is 1. The Morgan fingerprint density at radius 1 is 1.21 bits per heavy atom. The second kappa shape index (κ2) is 9.76. The number of rotatable bonds is 10. The highest BCUT2D eigenvalue weighted by Gasteiger charge is 2.16. The van der Waals surface area contributed by atoms with Gasteiger partial charge in [-0.1, -0.05) is 12.1 Å². The summed E-state index contributed by atoms with van der Waals surface area (Å²) in [6.45, 7) is 8.70. The molecule has 0 heterocycles. The summed E-state index contributed by atoms with van der Waals surface area (Å²) in [7, 11) is -3.60. The predicted molar refractivity (Wildman–Crippen MR) is 94.4 cm³/mol. The Bertz CT molecular complexity index is 642. The van der Waals surface area contributed by atoms with Gasteiger partial charge in [0.05, 0.1) is 11.0 Å². The average Bonchev–Trinajstić information content (AvgIpc) is 2.48. The molecule has 0 saturated carbocycles. The topological polar surface area (TPSA) is 84.5 Å². The zero-order chi connectivity index (χ0) is 18.2. The summed E-state index contributed by atoms with van der Waals surface area (Å²) in [5.74, 6) is -0.178. The van der Waals surface area contributed by atoms with E-state index in [-0.39, 0.29) is 29.9 Å². The summed E-state index contributed by atoms with van der Waals surface area (Å²) >= 11 is 0. The van der Waals surface area contributed by atoms with Crippen LogP contribution in [0, 0.1) is 13.8 Å². The van der Waals surface area contributed by atoms with Crippen LogP contribution in [-0.4, -0.2) is 40.1 Å². The van der Waals surface area contributed by atoms with Crippen molar-refractivity contribution < 1.29 is 17.9 Å². The van der Waals surface area contributed by atoms with Gasteiger partial charge in [0.15, 0.2) is 0 Å². The molecule has 0 bridgehead atoms. The molecular formula is C17H28N2O4S. The first-order valence-corrected chi connectivity index (χ1v) is 9.66. The second-order valence-electron chi connectivity index (χ2n) is 6.04. The summed E-state index contributed by atoms with van der Waals surface area (Å²) in [5, 5.41) is 2.75. The molecule has 0 saturated heterocycles. The van der Waals surface area contributed by atoms with Crippen LogP contribution in [-0.2, 0) is 19.6 Å². The Balaban J connectivity index is 2.35. The minimum atomic E-state index is -3.60. The van der Waals surface area contributed by atoms with Gasteiger partial charge in [0, 0.05) is 26.1 Å². The van der Waals surface area contributed by atoms with Crippen LogP contribution < -0.4 is 10.0 Å². The summed E-state index contributed by atoms with van der Waals surface area (Å²) < 4.78 is 32.4. The molecule has 1 aromatic carbocycles. The molecule has 0 spiro atoms. The first-order chi connectivity index (χ1) is 11.2. The number of benzene rings is 1. The zero-order valence-electron chi connectivity index (χ0n) is 14.9. The van der Waals surface area contributed by atoms with Crippen molar-refractivity contribution in [2.24, 2.45) is 0 Å². The monoisotopic (exact) mass is 356 g/mol. The van der Waals surface area contributed by atoms with Crippen molar-refractivity contribution in [3.8, 4) is 0 Å². The van der Waals surface area contributed by atoms with Gasteiger partial charge in [-0.2, -0.15) is 0 Å². The number of hydrogen-bond acceptors (Lipinski definition) is 4. The molecule has 6 nitrogen and oxygen atoms in total. The number of ether oxygens (including phenoxy) is 1. The third kappa shape index (κ3) is 7.42. The Morgan fingerprint density at radius 3 is 2.58 bits per heavy atom. The zero-order valence-corrected chi connectivity index (χ0v) is 15.7. The predicted octanol–water partition coefficient (Wildman–Crippen LogP) is 1.90. The van der Waals surface area contributed by atoms with Gasteiger partial charge in [-0.15, -0.1) is 0 Å². The fraction of sp³-hybridized carbons (Fsp3) is 0.588. The van der Waals surface area contributed by atoms with Crippen molar-refractivity contribution in [1.82, 2.24) is 10.0 Å². The van der Waals surface area contributed by atoms with Gasteiger partial charge < -0.3 is 10.1 Å². The van der Waals surface area contributed by atoms with Crippen molar-refractivity contribution in [2.75, 3.05) is 19.7 Å². The lowest BCUT2D eigenvalue weighted by atomic mass is 10.2. The van der Waals surface area contributed by atoms with E-state index in [1.165, 1.54) is 0 Å². The molecule has 1 rings (SSSR count). The van der Waals surface area contributed by atoms with Gasteiger partial charge in [-0.25, -0.2) is 13.1 Å². The molecule has 1 aromatic rings. The molecule has 0 atom stereocenters. The van der Waals surface area contributed by atoms with Crippen LogP contribution in [0.3, 0.4) is 0 Å². The lowest BCUT2D eigenvalue weighted by molar-refractivity contribution is -0.120. The first-order valence-electron chi connectivity index (χ1n) is 8.17. The molecule has 0 aliphatic carbocycles. The number of nitrogens with one attached hydrogen (secondary N) is 2. The third-order valence-electron chi connectivity index (χ3n) is 3.37. The molecule has 136 valence electrons. The average molecular weight is 356 g/mol. The van der Waals surface area contributed by atoms with E-state index in [4.69, 9.17) is 4.74 Å². The molecule has 24 heavy (non-hydrogen) atoms. The highest BCUT2D eigenvalue weighted by Crippen LogP contribution is 2.16. The van der Waals surface area contributed by atoms with Crippen LogP contribution in [0.15, 0.2) is 23.1 Å². The van der Waals surface area contributed by atoms with E-state index in [1.54, 1.807) is 19.1 Å². The van der Waals surface area contributed by atoms with Crippen molar-refractivity contribution in [2.45, 2.75) is 51.5 Å². The molecule has 1 amide bonds. The molecule has 0 aliphatic rings. The number of aryl methyl sites for hydroxylation is 2. The Kier molecular flexibility index (Phi) is 8.38. The van der Waals surface area contributed by atoms with E-state index in [9.17, 15) is 13.2 Å². The van der Waals surface area contributed by atoms with Gasteiger partial charge in [0.2, 0.25) is 15.9 Å². The van der Waals surface area contributed by atoms with Crippen molar-refractivity contribution in [3.63, 3.8) is 0 Å². The summed E-state index contributed by atoms with van der Waals surface area (Å²) in [6, 6.07) is 5.27. The molecule has 0 fully saturated rings. The van der Waals surface area contributed by atoms with Crippen LogP contribution in [0.25, 0.3) is 0 Å². The molecular weight excluding hydrogens is 328 g/mol. The summed E-state index contributed by atoms with van der Waals surface area (Å²) in [6.07, 6.45) is 1.02. The van der Waals surface area contributed by atoms with E-state index in [2.05, 4.69) is 10.0 Å². The highest BCUT2D eigenvalue weighted by molar-refractivity contribution is 7.89. The van der Waals surface area contributed by atoms with Gasteiger partial charge in [-0.05, 0) is 51.3 Å². The van der Waals surface area contributed by atoms with Crippen LogP contribution in [0.4, 0.5) is 0 Å². The maximum atomic E-state index is 12.3. The van der Waals surface area contributed by atoms with Crippen LogP contribution in [0.2, 0.25) is 0 Å². The van der Waals surface area contributed by atoms with E-state index in [0.29, 0.717) is 18.7 Å². The lowest BCUT2D eigenvalue weighted by Crippen LogP contribution is -2.31. The van der Waals surface area contributed by atoms with E-state index in [1.807, 2.05) is 26.8 Å². The minimum absolute atomic E-state index is 0.0735. The highest BCUT2D eigenvalue weighted by atomic mass is 32.2. The molecule has 0 aromatic heterocycles. The number of carbonyl (C=O) groups is 1. The first kappa shape index (κ1) is 20.6. The lowest BCUT2D eigenvalue weighted by Gasteiger charge is -2.11. The van der Waals surface area contributed by atoms with Crippen molar-refractivity contribution >= 4 is 15.9 Å². The standard InChI is InChI=1S/C17H28N2O4S/c1-13(2)23-11-5-9-18-17(20)8-10-19-24(21,22)16-12-14(3)6-7-15(16)4/h6-7,12-13,19H,5,8-11H2,1-4H3,(H,18,20). The molecule has 0 unspecified atom stereocenters. The third-order valence-corrected chi connectivity index (χ3v) is 4.97. The van der Waals surface area contributed by atoms with Crippen molar-refractivity contribution in [1.29, 1.82) is 0 Å². The van der Waals surface area contributed by atoms with Gasteiger partial charge >= 0.3 is 0 Å². The fourth-order valence-corrected chi connectivity index (χ4v) is 3.44. The largest absolute Gasteiger partial charge is 0.379 e. The molecule has 2 N–H and O–H groups in total. The normalized spacial score (nSPS) is 11.7. The maximum Gasteiger partial charge on any atom is 0.240 e. The summed E-state index contributed by atoms with van der Waals surface area (Å²) in [5.41, 5.74) is 1.56. The van der Waals surface area contributed by atoms with Crippen molar-refractivity contribution in [3.05, 3.63) is 29.3 Å². The van der Waals surface area contributed by atoms with Crippen LogP contribution in [0.5, 0.6) is 0 Å². The minimum Gasteiger partial charge on any atom is -0.379 e. The van der Waals surface area contributed by atoms with Crippen LogP contribution >= 0.6 is 0 Å². The van der Waals surface area contributed by atoms with Crippen LogP contribution in [0.1, 0.15) is 37.8 Å². The number of hydrogen-bond donors (Lipinski definition) is 2. The number of amides is 1. The molecule has 0 aliphatic heterocycles. The van der Waals surface area contributed by atoms with E-state index < -0.39 is 10.0 Å². The summed E-state index contributed by atoms with van der Waals surface area (Å²) in [4.78, 5) is 12.0. The maximum absolute atomic E-state index is 12.3. The van der Waals surface area contributed by atoms with Gasteiger partial charge in [0.1, 0.15) is 0 Å². The smallest absolute Gasteiger partial charge is 0.240 e. The van der Waals surface area contributed by atoms with E-state index in [0.717, 1.165) is 12.0 Å². The quantitative estimate of drug-likeness (QED) is 0.627. The SMILES string of the molecule is Cc1ccc(C)c(S(=O)(=O)NCCC(=O)NCCCOC(C)C)c1.